The largest absolute Gasteiger partial charge is 0.479 e. The Morgan fingerprint density at radius 3 is 2.11 bits per heavy atom. The van der Waals surface area contributed by atoms with Gasteiger partial charge in [-0.25, -0.2) is 0 Å². The highest BCUT2D eigenvalue weighted by Crippen LogP contribution is 1.89. The Labute approximate surface area is 54.7 Å². The summed E-state index contributed by atoms with van der Waals surface area (Å²) in [5.74, 6) is 0.829. The lowest BCUT2D eigenvalue weighted by Gasteiger charge is -1.86. The molecule has 3 nitrogen and oxygen atoms in total. The summed E-state index contributed by atoms with van der Waals surface area (Å²) in [6, 6.07) is 0. The van der Waals surface area contributed by atoms with Crippen LogP contribution in [0.15, 0.2) is 4.99 Å². The first-order chi connectivity index (χ1) is 4.39. The number of ether oxygens (including phenoxy) is 2. The highest BCUT2D eigenvalue weighted by atomic mass is 16.6. The lowest BCUT2D eigenvalue weighted by molar-refractivity contribution is 0.345. The third kappa shape index (κ3) is 3.97. The molecule has 2 heterocycles. The van der Waals surface area contributed by atoms with Crippen LogP contribution in [0.4, 0.5) is 0 Å². The molecule has 2 rings (SSSR count). The van der Waals surface area contributed by atoms with Gasteiger partial charge in [-0.1, -0.05) is 0 Å². The van der Waals surface area contributed by atoms with Crippen molar-refractivity contribution in [2.45, 2.75) is 6.92 Å². The summed E-state index contributed by atoms with van der Waals surface area (Å²) in [4.78, 5) is 3.93. The van der Waals surface area contributed by atoms with Crippen molar-refractivity contribution in [2.75, 3.05) is 26.4 Å². The third-order valence-corrected chi connectivity index (χ3v) is 0.941. The molecular formula is C6H11NO2. The summed E-state index contributed by atoms with van der Waals surface area (Å²) in [5, 5.41) is 0. The highest BCUT2D eigenvalue weighted by molar-refractivity contribution is 5.74. The molecule has 2 aliphatic heterocycles. The van der Waals surface area contributed by atoms with Crippen molar-refractivity contribution in [3.8, 4) is 0 Å². The Balaban J connectivity index is 0.000000112. The van der Waals surface area contributed by atoms with E-state index in [0.717, 1.165) is 32.3 Å². The summed E-state index contributed by atoms with van der Waals surface area (Å²) in [6.45, 7) is 5.50. The molecular weight excluding hydrogens is 118 g/mol. The topological polar surface area (TPSA) is 34.1 Å². The van der Waals surface area contributed by atoms with Crippen LogP contribution in [0.1, 0.15) is 6.92 Å². The number of aliphatic imine (C=N–C) groups is 1. The minimum Gasteiger partial charge on any atom is -0.479 e. The van der Waals surface area contributed by atoms with Gasteiger partial charge in [0.1, 0.15) is 6.61 Å². The first-order valence-corrected chi connectivity index (χ1v) is 3.11. The Bertz CT molecular complexity index is 107. The smallest absolute Gasteiger partial charge is 0.180 e. The van der Waals surface area contributed by atoms with Gasteiger partial charge in [-0.05, 0) is 0 Å². The third-order valence-electron chi connectivity index (χ3n) is 0.941. The Morgan fingerprint density at radius 2 is 2.00 bits per heavy atom. The van der Waals surface area contributed by atoms with E-state index >= 15 is 0 Å². The molecule has 0 aromatic rings. The first kappa shape index (κ1) is 6.55. The van der Waals surface area contributed by atoms with Gasteiger partial charge in [-0.2, -0.15) is 0 Å². The average Bonchev–Trinajstić information content (AvgIpc) is 2.64. The van der Waals surface area contributed by atoms with E-state index in [4.69, 9.17) is 4.74 Å². The zero-order valence-electron chi connectivity index (χ0n) is 5.59. The van der Waals surface area contributed by atoms with Crippen LogP contribution in [0.5, 0.6) is 0 Å². The second-order valence-electron chi connectivity index (χ2n) is 1.86. The Morgan fingerprint density at radius 1 is 1.33 bits per heavy atom. The van der Waals surface area contributed by atoms with Gasteiger partial charge < -0.3 is 9.47 Å². The van der Waals surface area contributed by atoms with E-state index in [1.54, 1.807) is 0 Å². The van der Waals surface area contributed by atoms with Crippen molar-refractivity contribution in [2.24, 2.45) is 4.99 Å². The number of rotatable bonds is 0. The van der Waals surface area contributed by atoms with E-state index < -0.39 is 0 Å². The molecule has 3 heteroatoms. The highest BCUT2D eigenvalue weighted by Gasteiger charge is 1.96. The molecule has 1 fully saturated rings. The zero-order chi connectivity index (χ0) is 6.53. The van der Waals surface area contributed by atoms with E-state index in [9.17, 15) is 0 Å². The second-order valence-corrected chi connectivity index (χ2v) is 1.86. The van der Waals surface area contributed by atoms with Crippen LogP contribution in [0.3, 0.4) is 0 Å². The zero-order valence-corrected chi connectivity index (χ0v) is 5.59. The van der Waals surface area contributed by atoms with Gasteiger partial charge in [0.15, 0.2) is 5.90 Å². The molecule has 0 atom stereocenters. The molecule has 0 unspecified atom stereocenters. The summed E-state index contributed by atoms with van der Waals surface area (Å²) in [7, 11) is 0. The molecule has 2 aliphatic rings. The fraction of sp³-hybridized carbons (Fsp3) is 0.833. The van der Waals surface area contributed by atoms with Crippen LogP contribution in [-0.4, -0.2) is 32.3 Å². The van der Waals surface area contributed by atoms with Gasteiger partial charge in [0.25, 0.3) is 0 Å². The second kappa shape index (κ2) is 3.45. The standard InChI is InChI=1S/C4H7NO.C2H4O/c1-4-5-2-3-6-4;1-2-3-1/h2-3H2,1H3;1-2H2. The number of hydrogen-bond acceptors (Lipinski definition) is 3. The van der Waals surface area contributed by atoms with Gasteiger partial charge in [0.05, 0.1) is 19.8 Å². The maximum Gasteiger partial charge on any atom is 0.180 e. The lowest BCUT2D eigenvalue weighted by atomic mass is 10.8. The number of hydrogen-bond donors (Lipinski definition) is 0. The van der Waals surface area contributed by atoms with Gasteiger partial charge in [0.2, 0.25) is 0 Å². The van der Waals surface area contributed by atoms with E-state index in [1.165, 1.54) is 0 Å². The molecule has 0 aromatic heterocycles. The van der Waals surface area contributed by atoms with Crippen molar-refractivity contribution in [1.29, 1.82) is 0 Å². The van der Waals surface area contributed by atoms with Gasteiger partial charge in [-0.3, -0.25) is 4.99 Å². The maximum absolute atomic E-state index is 4.90. The van der Waals surface area contributed by atoms with Crippen LogP contribution >= 0.6 is 0 Å². The summed E-state index contributed by atoms with van der Waals surface area (Å²) >= 11 is 0. The van der Waals surface area contributed by atoms with E-state index in [0.29, 0.717) is 0 Å². The van der Waals surface area contributed by atoms with Gasteiger partial charge in [-0.15, -0.1) is 0 Å². The van der Waals surface area contributed by atoms with Crippen molar-refractivity contribution < 1.29 is 9.47 Å². The monoisotopic (exact) mass is 129 g/mol. The molecule has 0 saturated carbocycles. The lowest BCUT2D eigenvalue weighted by Crippen LogP contribution is -1.89. The van der Waals surface area contributed by atoms with Crippen LogP contribution in [0.25, 0.3) is 0 Å². The average molecular weight is 129 g/mol. The maximum atomic E-state index is 4.90. The van der Waals surface area contributed by atoms with Crippen LogP contribution in [0, 0.1) is 0 Å². The summed E-state index contributed by atoms with van der Waals surface area (Å²) in [5.41, 5.74) is 0. The summed E-state index contributed by atoms with van der Waals surface area (Å²) < 4.78 is 9.40. The number of epoxide rings is 1. The van der Waals surface area contributed by atoms with Crippen molar-refractivity contribution in [3.63, 3.8) is 0 Å². The fourth-order valence-electron chi connectivity index (χ4n) is 0.442. The molecule has 52 valence electrons. The van der Waals surface area contributed by atoms with Gasteiger partial charge >= 0.3 is 0 Å². The van der Waals surface area contributed by atoms with Crippen molar-refractivity contribution in [1.82, 2.24) is 0 Å². The number of nitrogens with zero attached hydrogens (tertiary/aromatic N) is 1. The molecule has 0 N–H and O–H groups in total. The predicted octanol–water partition coefficient (Wildman–Crippen LogP) is 0.452. The molecule has 0 spiro atoms. The summed E-state index contributed by atoms with van der Waals surface area (Å²) in [6.07, 6.45) is 0. The van der Waals surface area contributed by atoms with Crippen LogP contribution < -0.4 is 0 Å². The Hall–Kier alpha value is -0.570. The van der Waals surface area contributed by atoms with E-state index in [2.05, 4.69) is 9.73 Å². The first-order valence-electron chi connectivity index (χ1n) is 3.11. The SMILES string of the molecule is C1CO1.CC1=NCCO1. The molecule has 0 radical (unpaired) electrons. The molecule has 0 bridgehead atoms. The minimum absolute atomic E-state index is 0.784. The molecule has 0 aliphatic carbocycles. The molecule has 1 saturated heterocycles. The van der Waals surface area contributed by atoms with E-state index in [1.807, 2.05) is 6.92 Å². The van der Waals surface area contributed by atoms with Crippen LogP contribution in [-0.2, 0) is 9.47 Å². The van der Waals surface area contributed by atoms with Crippen molar-refractivity contribution >= 4 is 5.90 Å². The molecule has 9 heavy (non-hydrogen) atoms. The fourth-order valence-corrected chi connectivity index (χ4v) is 0.442. The molecule has 0 amide bonds. The molecule has 0 aromatic carbocycles. The van der Waals surface area contributed by atoms with E-state index in [-0.39, 0.29) is 0 Å². The Kier molecular flexibility index (Phi) is 2.51. The predicted molar refractivity (Wildman–Crippen MR) is 34.7 cm³/mol. The minimum atomic E-state index is 0.784. The van der Waals surface area contributed by atoms with Gasteiger partial charge in [0, 0.05) is 6.92 Å². The normalized spacial score (nSPS) is 21.2. The quantitative estimate of drug-likeness (QED) is 0.445. The van der Waals surface area contributed by atoms with Crippen molar-refractivity contribution in [3.05, 3.63) is 0 Å². The van der Waals surface area contributed by atoms with Crippen LogP contribution in [0.2, 0.25) is 0 Å².